The van der Waals surface area contributed by atoms with Crippen molar-refractivity contribution in [1.82, 2.24) is 19.2 Å². The maximum absolute atomic E-state index is 13.0. The van der Waals surface area contributed by atoms with Gasteiger partial charge >= 0.3 is 0 Å². The molecular weight excluding hydrogens is 527 g/mol. The number of rotatable bonds is 5. The second-order valence-electron chi connectivity index (χ2n) is 9.95. The lowest BCUT2D eigenvalue weighted by atomic mass is 10.0. The van der Waals surface area contributed by atoms with Crippen LogP contribution in [0.2, 0.25) is 10.0 Å². The van der Waals surface area contributed by atoms with Crippen molar-refractivity contribution in [3.8, 4) is 22.4 Å². The first-order chi connectivity index (χ1) is 19.0. The molecule has 1 aliphatic heterocycles. The minimum absolute atomic E-state index is 0.0925. The first-order valence-corrected chi connectivity index (χ1v) is 13.8. The highest BCUT2D eigenvalue weighted by atomic mass is 35.5. The lowest BCUT2D eigenvalue weighted by molar-refractivity contribution is 0.0627. The third-order valence-electron chi connectivity index (χ3n) is 7.39. The van der Waals surface area contributed by atoms with Crippen molar-refractivity contribution in [2.45, 2.75) is 13.5 Å². The van der Waals surface area contributed by atoms with Crippen LogP contribution in [-0.2, 0) is 6.54 Å². The zero-order valence-corrected chi connectivity index (χ0v) is 23.2. The average Bonchev–Trinajstić information content (AvgIpc) is 3.31. The Bertz CT molecular complexity index is 1640. The molecule has 7 heteroatoms. The van der Waals surface area contributed by atoms with Crippen LogP contribution in [0.25, 0.3) is 28.0 Å². The number of benzene rings is 3. The number of pyridine rings is 1. The molecule has 0 saturated carbocycles. The van der Waals surface area contributed by atoms with Crippen molar-refractivity contribution in [2.24, 2.45) is 0 Å². The number of hydrogen-bond donors (Lipinski definition) is 0. The third kappa shape index (κ3) is 5.30. The van der Waals surface area contributed by atoms with Crippen LogP contribution in [0, 0.1) is 6.92 Å². The first kappa shape index (κ1) is 25.6. The summed E-state index contributed by atoms with van der Waals surface area (Å²) in [6.45, 7) is 5.76. The van der Waals surface area contributed by atoms with Gasteiger partial charge in [0.05, 0.1) is 11.4 Å². The zero-order valence-electron chi connectivity index (χ0n) is 21.6. The molecule has 6 rings (SSSR count). The number of hydrogen-bond acceptors (Lipinski definition) is 3. The summed E-state index contributed by atoms with van der Waals surface area (Å²) in [5.41, 5.74) is 8.09. The molecule has 0 unspecified atom stereocenters. The van der Waals surface area contributed by atoms with Crippen molar-refractivity contribution < 1.29 is 4.79 Å². The van der Waals surface area contributed by atoms with Gasteiger partial charge in [-0.15, -0.1) is 0 Å². The Morgan fingerprint density at radius 1 is 0.821 bits per heavy atom. The van der Waals surface area contributed by atoms with Crippen LogP contribution in [-0.4, -0.2) is 51.3 Å². The standard InChI is InChI=1S/C32H28Cl2N4O/c1-22-19-27(34)12-13-28(22)25-9-14-30-35-31(23-7-10-26(33)11-8-23)29(38(30)20-25)21-36-15-17-37(18-16-36)32(39)24-5-3-2-4-6-24/h2-14,19-20H,15-18,21H2,1H3. The Balaban J connectivity index is 1.32. The Kier molecular flexibility index (Phi) is 7.13. The van der Waals surface area contributed by atoms with E-state index < -0.39 is 0 Å². The van der Waals surface area contributed by atoms with Crippen LogP contribution in [0.15, 0.2) is 91.1 Å². The van der Waals surface area contributed by atoms with E-state index in [9.17, 15) is 4.79 Å². The van der Waals surface area contributed by atoms with E-state index in [0.29, 0.717) is 18.1 Å². The summed E-state index contributed by atoms with van der Waals surface area (Å²) in [5.74, 6) is 0.0925. The number of carbonyl (C=O) groups is 1. The maximum atomic E-state index is 13.0. The maximum Gasteiger partial charge on any atom is 0.253 e. The van der Waals surface area contributed by atoms with E-state index >= 15 is 0 Å². The van der Waals surface area contributed by atoms with Crippen LogP contribution in [0.4, 0.5) is 0 Å². The monoisotopic (exact) mass is 554 g/mol. The normalized spacial score (nSPS) is 14.2. The van der Waals surface area contributed by atoms with Gasteiger partial charge in [0.1, 0.15) is 5.65 Å². The molecule has 3 aromatic carbocycles. The number of imidazole rings is 1. The largest absolute Gasteiger partial charge is 0.336 e. The molecule has 196 valence electrons. The van der Waals surface area contributed by atoms with Crippen LogP contribution < -0.4 is 0 Å². The van der Waals surface area contributed by atoms with Crippen molar-refractivity contribution in [3.05, 3.63) is 118 Å². The van der Waals surface area contributed by atoms with Crippen molar-refractivity contribution in [1.29, 1.82) is 0 Å². The number of amides is 1. The quantitative estimate of drug-likeness (QED) is 0.230. The van der Waals surface area contributed by atoms with Gasteiger partial charge in [-0.3, -0.25) is 9.69 Å². The highest BCUT2D eigenvalue weighted by Crippen LogP contribution is 2.31. The van der Waals surface area contributed by atoms with Gasteiger partial charge in [0, 0.05) is 60.1 Å². The molecule has 5 nitrogen and oxygen atoms in total. The van der Waals surface area contributed by atoms with E-state index in [1.807, 2.05) is 71.6 Å². The van der Waals surface area contributed by atoms with E-state index in [1.165, 1.54) is 0 Å². The predicted octanol–water partition coefficient (Wildman–Crippen LogP) is 7.24. The SMILES string of the molecule is Cc1cc(Cl)ccc1-c1ccc2nc(-c3ccc(Cl)cc3)c(CN3CCN(C(=O)c4ccccc4)CC3)n2c1. The summed E-state index contributed by atoms with van der Waals surface area (Å²) >= 11 is 12.4. The molecule has 1 fully saturated rings. The fourth-order valence-corrected chi connectivity index (χ4v) is 5.63. The zero-order chi connectivity index (χ0) is 26.9. The summed E-state index contributed by atoms with van der Waals surface area (Å²) in [7, 11) is 0. The molecule has 0 spiro atoms. The smallest absolute Gasteiger partial charge is 0.253 e. The topological polar surface area (TPSA) is 40.9 Å². The minimum Gasteiger partial charge on any atom is -0.336 e. The molecule has 0 N–H and O–H groups in total. The van der Waals surface area contributed by atoms with E-state index in [2.05, 4.69) is 40.6 Å². The molecule has 0 aliphatic carbocycles. The van der Waals surface area contributed by atoms with E-state index in [-0.39, 0.29) is 5.91 Å². The Morgan fingerprint density at radius 3 is 2.23 bits per heavy atom. The summed E-state index contributed by atoms with van der Waals surface area (Å²) < 4.78 is 2.20. The molecule has 1 saturated heterocycles. The van der Waals surface area contributed by atoms with E-state index in [1.54, 1.807) is 0 Å². The van der Waals surface area contributed by atoms with Crippen LogP contribution in [0.3, 0.4) is 0 Å². The summed E-state index contributed by atoms with van der Waals surface area (Å²) in [6, 6.07) is 27.5. The number of aromatic nitrogens is 2. The van der Waals surface area contributed by atoms with Crippen molar-refractivity contribution >= 4 is 34.8 Å². The summed E-state index contributed by atoms with van der Waals surface area (Å²) in [5, 5.41) is 1.43. The number of fused-ring (bicyclic) bond motifs is 1. The van der Waals surface area contributed by atoms with E-state index in [0.717, 1.165) is 69.5 Å². The molecule has 39 heavy (non-hydrogen) atoms. The highest BCUT2D eigenvalue weighted by molar-refractivity contribution is 6.31. The van der Waals surface area contributed by atoms with Crippen molar-refractivity contribution in [2.75, 3.05) is 26.2 Å². The number of halogens is 2. The van der Waals surface area contributed by atoms with Crippen LogP contribution >= 0.6 is 23.2 Å². The predicted molar refractivity (Wildman–Crippen MR) is 158 cm³/mol. The number of aryl methyl sites for hydroxylation is 1. The minimum atomic E-state index is 0.0925. The Morgan fingerprint density at radius 2 is 1.51 bits per heavy atom. The van der Waals surface area contributed by atoms with Gasteiger partial charge in [-0.1, -0.05) is 59.6 Å². The first-order valence-electron chi connectivity index (χ1n) is 13.1. The Labute approximate surface area is 238 Å². The third-order valence-corrected chi connectivity index (χ3v) is 7.88. The molecule has 5 aromatic rings. The lowest BCUT2D eigenvalue weighted by Gasteiger charge is -2.34. The lowest BCUT2D eigenvalue weighted by Crippen LogP contribution is -2.48. The highest BCUT2D eigenvalue weighted by Gasteiger charge is 2.24. The van der Waals surface area contributed by atoms with E-state index in [4.69, 9.17) is 28.2 Å². The second kappa shape index (κ2) is 10.9. The van der Waals surface area contributed by atoms with Crippen LogP contribution in [0.1, 0.15) is 21.6 Å². The molecule has 0 bridgehead atoms. The fourth-order valence-electron chi connectivity index (χ4n) is 5.28. The van der Waals surface area contributed by atoms with Gasteiger partial charge in [-0.2, -0.15) is 0 Å². The molecule has 0 atom stereocenters. The van der Waals surface area contributed by atoms with Crippen LogP contribution in [0.5, 0.6) is 0 Å². The number of nitrogens with zero attached hydrogens (tertiary/aromatic N) is 4. The molecule has 1 aliphatic rings. The average molecular weight is 556 g/mol. The molecule has 1 amide bonds. The second-order valence-corrected chi connectivity index (χ2v) is 10.8. The fraction of sp³-hybridized carbons (Fsp3) is 0.188. The molecule has 3 heterocycles. The van der Waals surface area contributed by atoms with Gasteiger partial charge in [0.2, 0.25) is 0 Å². The van der Waals surface area contributed by atoms with Crippen molar-refractivity contribution in [3.63, 3.8) is 0 Å². The van der Waals surface area contributed by atoms with Gasteiger partial charge in [0.15, 0.2) is 0 Å². The van der Waals surface area contributed by atoms with Gasteiger partial charge in [0.25, 0.3) is 5.91 Å². The Hall–Kier alpha value is -3.64. The number of piperazine rings is 1. The summed E-state index contributed by atoms with van der Waals surface area (Å²) in [6.07, 6.45) is 2.17. The molecular formula is C32H28Cl2N4O. The molecule has 2 aromatic heterocycles. The number of carbonyl (C=O) groups excluding carboxylic acids is 1. The van der Waals surface area contributed by atoms with Gasteiger partial charge in [-0.05, 0) is 72.1 Å². The van der Waals surface area contributed by atoms with Gasteiger partial charge < -0.3 is 9.30 Å². The molecule has 0 radical (unpaired) electrons. The van der Waals surface area contributed by atoms with Gasteiger partial charge in [-0.25, -0.2) is 4.98 Å². The summed E-state index contributed by atoms with van der Waals surface area (Å²) in [4.78, 5) is 22.3.